The Morgan fingerprint density at radius 2 is 1.82 bits per heavy atom. The molecule has 8 nitrogen and oxygen atoms in total. The summed E-state index contributed by atoms with van der Waals surface area (Å²) < 4.78 is 42.8. The van der Waals surface area contributed by atoms with E-state index in [1.807, 2.05) is 6.07 Å². The lowest BCUT2D eigenvalue weighted by atomic mass is 9.96. The summed E-state index contributed by atoms with van der Waals surface area (Å²) in [5.74, 6) is 0. The molecule has 3 aromatic heterocycles. The van der Waals surface area contributed by atoms with E-state index >= 15 is 0 Å². The molecule has 13 heteroatoms. The Kier molecular flexibility index (Phi) is 7.33. The van der Waals surface area contributed by atoms with Crippen molar-refractivity contribution < 1.29 is 13.2 Å². The highest BCUT2D eigenvalue weighted by Gasteiger charge is 2.66. The number of hydrogen-bond acceptors (Lipinski definition) is 7. The van der Waals surface area contributed by atoms with Crippen molar-refractivity contribution in [2.75, 3.05) is 17.2 Å². The molecule has 2 aromatic carbocycles. The van der Waals surface area contributed by atoms with Crippen molar-refractivity contribution in [3.05, 3.63) is 82.0 Å². The van der Waals surface area contributed by atoms with Gasteiger partial charge in [-0.15, -0.1) is 5.10 Å². The van der Waals surface area contributed by atoms with E-state index in [0.29, 0.717) is 55.4 Å². The first-order valence-corrected chi connectivity index (χ1v) is 14.6. The Morgan fingerprint density at radius 1 is 1.05 bits per heavy atom. The van der Waals surface area contributed by atoms with E-state index in [2.05, 4.69) is 57.8 Å². The number of halogens is 5. The van der Waals surface area contributed by atoms with Gasteiger partial charge in [0.15, 0.2) is 5.54 Å². The summed E-state index contributed by atoms with van der Waals surface area (Å²) in [6.45, 7) is 6.80. The number of nitriles is 1. The quantitative estimate of drug-likeness (QED) is 0.185. The molecule has 1 fully saturated rings. The average molecular weight is 640 g/mol. The molecular formula is C31H27Cl2F3N8. The van der Waals surface area contributed by atoms with Gasteiger partial charge in [-0.2, -0.15) is 18.4 Å². The lowest BCUT2D eigenvalue weighted by Crippen LogP contribution is -2.35. The number of nitrogens with one attached hydrogen (secondary N) is 2. The first-order chi connectivity index (χ1) is 20.8. The second-order valence-electron chi connectivity index (χ2n) is 12.2. The fraction of sp³-hybridized carbons (Fsp3) is 0.323. The Labute approximate surface area is 261 Å². The fourth-order valence-corrected chi connectivity index (χ4v) is 5.74. The molecule has 5 aromatic rings. The van der Waals surface area contributed by atoms with Crippen LogP contribution in [-0.4, -0.2) is 37.7 Å². The number of alkyl halides is 3. The highest BCUT2D eigenvalue weighted by molar-refractivity contribution is 6.36. The molecule has 0 unspecified atom stereocenters. The Hall–Kier alpha value is -4.14. The van der Waals surface area contributed by atoms with Crippen LogP contribution < -0.4 is 10.6 Å². The summed E-state index contributed by atoms with van der Waals surface area (Å²) in [6.07, 6.45) is 1.48. The zero-order chi connectivity index (χ0) is 31.4. The van der Waals surface area contributed by atoms with Crippen LogP contribution in [0.15, 0.2) is 55.1 Å². The minimum Gasteiger partial charge on any atom is -0.383 e. The summed E-state index contributed by atoms with van der Waals surface area (Å²) in [6, 6.07) is 10.2. The summed E-state index contributed by atoms with van der Waals surface area (Å²) in [7, 11) is 0. The Bertz CT molecular complexity index is 1940. The topological polar surface area (TPSA) is 104 Å². The van der Waals surface area contributed by atoms with Gasteiger partial charge in [0.25, 0.3) is 0 Å². The van der Waals surface area contributed by atoms with Crippen molar-refractivity contribution in [1.29, 1.82) is 5.26 Å². The van der Waals surface area contributed by atoms with Crippen LogP contribution in [0.4, 0.5) is 24.5 Å². The number of benzene rings is 2. The number of pyridine rings is 2. The number of aromatic nitrogens is 5. The van der Waals surface area contributed by atoms with E-state index in [1.54, 1.807) is 36.7 Å². The van der Waals surface area contributed by atoms with Crippen LogP contribution in [0.25, 0.3) is 21.7 Å². The lowest BCUT2D eigenvalue weighted by Gasteiger charge is -2.23. The summed E-state index contributed by atoms with van der Waals surface area (Å²) in [5, 5.41) is 27.7. The predicted molar refractivity (Wildman–Crippen MR) is 165 cm³/mol. The molecule has 44 heavy (non-hydrogen) atoms. The van der Waals surface area contributed by atoms with E-state index in [9.17, 15) is 18.4 Å². The zero-order valence-electron chi connectivity index (χ0n) is 24.0. The zero-order valence-corrected chi connectivity index (χ0v) is 25.5. The van der Waals surface area contributed by atoms with Crippen LogP contribution in [0, 0.1) is 16.7 Å². The molecule has 1 atom stereocenters. The smallest absolute Gasteiger partial charge is 0.383 e. The molecule has 1 aliphatic rings. The van der Waals surface area contributed by atoms with Crippen molar-refractivity contribution in [3.63, 3.8) is 0 Å². The van der Waals surface area contributed by atoms with Crippen LogP contribution in [0.3, 0.4) is 0 Å². The average Bonchev–Trinajstić information content (AvgIpc) is 3.66. The third kappa shape index (κ3) is 5.37. The second kappa shape index (κ2) is 10.8. The van der Waals surface area contributed by atoms with Crippen molar-refractivity contribution >= 4 is 56.3 Å². The van der Waals surface area contributed by atoms with Gasteiger partial charge in [0.05, 0.1) is 34.0 Å². The van der Waals surface area contributed by atoms with Crippen molar-refractivity contribution in [1.82, 2.24) is 25.0 Å². The molecule has 1 saturated carbocycles. The summed E-state index contributed by atoms with van der Waals surface area (Å²) >= 11 is 13.2. The van der Waals surface area contributed by atoms with Gasteiger partial charge in [0.2, 0.25) is 0 Å². The molecule has 0 radical (unpaired) electrons. The van der Waals surface area contributed by atoms with E-state index < -0.39 is 17.8 Å². The van der Waals surface area contributed by atoms with Crippen molar-refractivity contribution in [2.45, 2.75) is 51.4 Å². The molecule has 226 valence electrons. The van der Waals surface area contributed by atoms with Crippen LogP contribution in [0.1, 0.15) is 56.5 Å². The monoisotopic (exact) mass is 638 g/mol. The van der Waals surface area contributed by atoms with E-state index in [-0.39, 0.29) is 24.0 Å². The van der Waals surface area contributed by atoms with Gasteiger partial charge >= 0.3 is 6.18 Å². The number of rotatable bonds is 7. The molecule has 6 rings (SSSR count). The molecule has 0 amide bonds. The first-order valence-electron chi connectivity index (χ1n) is 13.9. The molecule has 3 heterocycles. The van der Waals surface area contributed by atoms with Gasteiger partial charge < -0.3 is 10.6 Å². The first kappa shape index (κ1) is 29.9. The molecule has 0 bridgehead atoms. The fourth-order valence-electron chi connectivity index (χ4n) is 5.26. The molecule has 0 aliphatic heterocycles. The second-order valence-corrected chi connectivity index (χ2v) is 13.0. The van der Waals surface area contributed by atoms with Crippen molar-refractivity contribution in [2.24, 2.45) is 5.41 Å². The highest BCUT2D eigenvalue weighted by atomic mass is 35.5. The Morgan fingerprint density at radius 3 is 2.50 bits per heavy atom. The summed E-state index contributed by atoms with van der Waals surface area (Å²) in [4.78, 5) is 8.62. The van der Waals surface area contributed by atoms with Crippen LogP contribution in [-0.2, 0) is 5.54 Å². The lowest BCUT2D eigenvalue weighted by molar-refractivity contribution is -0.182. The molecule has 1 aliphatic carbocycles. The molecule has 0 spiro atoms. The number of fused-ring (bicyclic) bond motifs is 2. The van der Waals surface area contributed by atoms with Gasteiger partial charge in [-0.1, -0.05) is 55.3 Å². The van der Waals surface area contributed by atoms with E-state index in [1.165, 1.54) is 12.4 Å². The maximum absolute atomic E-state index is 14.0. The SMILES string of the molecule is CC(C)(C)CNc1c(C#N)cnc2c(Cl)cc(N[C@H](c3cn(C4(C(F)(F)F)CC4)nn3)c3ccc(Cl)c4cnccc34)cc12. The maximum atomic E-state index is 14.0. The van der Waals surface area contributed by atoms with Gasteiger partial charge in [0, 0.05) is 46.6 Å². The normalized spacial score (nSPS) is 15.2. The van der Waals surface area contributed by atoms with Crippen LogP contribution in [0.5, 0.6) is 0 Å². The maximum Gasteiger partial charge on any atom is 0.413 e. The standard InChI is InChI=1S/C31H27Cl2F3N8/c1-29(2,3)16-40-26-17(12-37)13-39-27-21(26)10-18(11-24(27)33)41-28(20-4-5-23(32)22-14-38-9-6-19(20)22)25-15-44(43-42-25)30(7-8-30)31(34,35)36/h4-6,9-11,13-15,28,41H,7-8,16H2,1-3H3,(H,39,40)/t28-/m0/s1. The Balaban J connectivity index is 1.50. The van der Waals surface area contributed by atoms with Gasteiger partial charge in [-0.3, -0.25) is 9.97 Å². The van der Waals surface area contributed by atoms with Gasteiger partial charge in [-0.05, 0) is 53.5 Å². The highest BCUT2D eigenvalue weighted by Crippen LogP contribution is 2.55. The molecular weight excluding hydrogens is 612 g/mol. The van der Waals surface area contributed by atoms with Gasteiger partial charge in [-0.25, -0.2) is 4.68 Å². The third-order valence-corrected chi connectivity index (χ3v) is 8.38. The summed E-state index contributed by atoms with van der Waals surface area (Å²) in [5.41, 5.74) is 0.795. The molecule has 0 saturated heterocycles. The van der Waals surface area contributed by atoms with E-state index in [4.69, 9.17) is 23.2 Å². The van der Waals surface area contributed by atoms with Crippen LogP contribution in [0.2, 0.25) is 10.0 Å². The predicted octanol–water partition coefficient (Wildman–Crippen LogP) is 8.26. The molecule has 2 N–H and O–H groups in total. The minimum absolute atomic E-state index is 0.0637. The van der Waals surface area contributed by atoms with Gasteiger partial charge in [0.1, 0.15) is 11.8 Å². The number of anilines is 2. The number of hydrogen-bond donors (Lipinski definition) is 2. The third-order valence-electron chi connectivity index (χ3n) is 7.76. The van der Waals surface area contributed by atoms with Crippen molar-refractivity contribution in [3.8, 4) is 6.07 Å². The van der Waals surface area contributed by atoms with Crippen LogP contribution >= 0.6 is 23.2 Å². The van der Waals surface area contributed by atoms with E-state index in [0.717, 1.165) is 10.1 Å². The minimum atomic E-state index is -4.46. The largest absolute Gasteiger partial charge is 0.413 e. The number of nitrogens with zero attached hydrogens (tertiary/aromatic N) is 6.